The summed E-state index contributed by atoms with van der Waals surface area (Å²) in [4.78, 5) is 92.9. The van der Waals surface area contributed by atoms with E-state index in [4.69, 9.17) is 11.5 Å². The van der Waals surface area contributed by atoms with Crippen LogP contribution < -0.4 is 32.7 Å². The molecule has 80 heavy (non-hydrogen) atoms. The van der Waals surface area contributed by atoms with E-state index < -0.39 is 24.2 Å². The Bertz CT molecular complexity index is 2480. The van der Waals surface area contributed by atoms with Crippen LogP contribution in [0.25, 0.3) is 11.1 Å². The number of amides is 6. The molecule has 0 aromatic heterocycles. The smallest absolute Gasteiger partial charge is 0.253 e. The second-order valence-electron chi connectivity index (χ2n) is 23.2. The Hall–Kier alpha value is -6.46. The van der Waals surface area contributed by atoms with Crippen molar-refractivity contribution >= 4 is 35.4 Å². The summed E-state index contributed by atoms with van der Waals surface area (Å²) in [6, 6.07) is 31.7. The zero-order chi connectivity index (χ0) is 56.7. The number of nitrogens with one attached hydrogen (secondary N) is 4. The molecular formula is C64H88N10O6. The minimum atomic E-state index is -0.670. The molecule has 0 radical (unpaired) electrons. The van der Waals surface area contributed by atoms with Gasteiger partial charge in [-0.3, -0.25) is 28.8 Å². The summed E-state index contributed by atoms with van der Waals surface area (Å²) in [5.41, 5.74) is 18.2. The fraction of sp³-hybridized carbons (Fsp3) is 0.531. The average Bonchev–Trinajstić information content (AvgIpc) is 4.07. The molecule has 0 unspecified atom stereocenters. The van der Waals surface area contributed by atoms with Crippen LogP contribution in [0.5, 0.6) is 0 Å². The summed E-state index contributed by atoms with van der Waals surface area (Å²) in [7, 11) is 3.46. The number of hydrogen-bond acceptors (Lipinski definition) is 10. The van der Waals surface area contributed by atoms with Crippen molar-refractivity contribution in [2.45, 2.75) is 152 Å². The fourth-order valence-corrected chi connectivity index (χ4v) is 12.5. The lowest BCUT2D eigenvalue weighted by Crippen LogP contribution is -2.57. The number of nitrogens with two attached hydrogens (primary N) is 2. The van der Waals surface area contributed by atoms with E-state index in [0.717, 1.165) is 86.5 Å². The van der Waals surface area contributed by atoms with Gasteiger partial charge in [0.1, 0.15) is 12.1 Å². The largest absolute Gasteiger partial charge is 0.343 e. The maximum absolute atomic E-state index is 14.7. The predicted octanol–water partition coefficient (Wildman–Crippen LogP) is 5.93. The maximum Gasteiger partial charge on any atom is 0.253 e. The van der Waals surface area contributed by atoms with Crippen molar-refractivity contribution in [3.63, 3.8) is 0 Å². The van der Waals surface area contributed by atoms with Gasteiger partial charge in [0.15, 0.2) is 0 Å². The van der Waals surface area contributed by atoms with Gasteiger partial charge in [0.05, 0.1) is 24.2 Å². The zero-order valence-corrected chi connectivity index (χ0v) is 47.7. The quantitative estimate of drug-likeness (QED) is 0.0515. The monoisotopic (exact) mass is 1090 g/mol. The van der Waals surface area contributed by atoms with E-state index in [9.17, 15) is 28.8 Å². The van der Waals surface area contributed by atoms with Gasteiger partial charge in [0, 0.05) is 62.5 Å². The van der Waals surface area contributed by atoms with E-state index in [2.05, 4.69) is 45.5 Å². The summed E-state index contributed by atoms with van der Waals surface area (Å²) in [5.74, 6) is -0.935. The van der Waals surface area contributed by atoms with Gasteiger partial charge in [-0.2, -0.15) is 0 Å². The number of benzene rings is 4. The lowest BCUT2D eigenvalue weighted by atomic mass is 9.83. The highest BCUT2D eigenvalue weighted by Gasteiger charge is 2.44. The van der Waals surface area contributed by atoms with E-state index in [1.807, 2.05) is 105 Å². The predicted molar refractivity (Wildman–Crippen MR) is 314 cm³/mol. The van der Waals surface area contributed by atoms with E-state index >= 15 is 0 Å². The van der Waals surface area contributed by atoms with Crippen molar-refractivity contribution in [2.75, 3.05) is 53.4 Å². The topological polar surface area (TPSA) is 216 Å². The summed E-state index contributed by atoms with van der Waals surface area (Å²) in [6.07, 6.45) is 12.1. The van der Waals surface area contributed by atoms with Crippen LogP contribution in [0.1, 0.15) is 123 Å². The van der Waals surface area contributed by atoms with E-state index in [-0.39, 0.29) is 71.4 Å². The Morgan fingerprint density at radius 1 is 0.512 bits per heavy atom. The van der Waals surface area contributed by atoms with Crippen molar-refractivity contribution in [1.29, 1.82) is 0 Å². The summed E-state index contributed by atoms with van der Waals surface area (Å²) >= 11 is 0. The molecule has 2 saturated heterocycles. The van der Waals surface area contributed by atoms with Gasteiger partial charge in [0.2, 0.25) is 23.6 Å². The third-order valence-electron chi connectivity index (χ3n) is 17.5. The molecule has 8 atom stereocenters. The highest BCUT2D eigenvalue weighted by molar-refractivity contribution is 5.96. The first-order valence-electron chi connectivity index (χ1n) is 29.7. The van der Waals surface area contributed by atoms with Crippen molar-refractivity contribution in [1.82, 2.24) is 40.9 Å². The molecule has 4 aromatic rings. The minimum absolute atomic E-state index is 0.0264. The number of carbonyl (C=O) groups is 6. The molecular weight excluding hydrogens is 1000 g/mol. The van der Waals surface area contributed by atoms with Crippen LogP contribution >= 0.6 is 0 Å². The summed E-state index contributed by atoms with van der Waals surface area (Å²) in [5, 5.41) is 12.2. The molecule has 8 rings (SSSR count). The van der Waals surface area contributed by atoms with Gasteiger partial charge in [0.25, 0.3) is 11.8 Å². The number of rotatable bonds is 23. The van der Waals surface area contributed by atoms with Crippen LogP contribution in [0.4, 0.5) is 0 Å². The fourth-order valence-electron chi connectivity index (χ4n) is 12.5. The van der Waals surface area contributed by atoms with Crippen LogP contribution in [0.15, 0.2) is 109 Å². The molecule has 430 valence electrons. The standard InChI is InChI=1S/C64H88N10O6/c1-43(67-3)59(75)69-57(49-21-13-7-14-22-49)63(79)73-39-53(65)37-55(73)41-71(35-33-45-17-9-5-10-18-45)61(77)51-29-25-47(26-30-51)48-27-31-52(32-28-48)62(78)72(36-34-46-19-11-6-12-20-46)42-56-38-54(66)40-74(56)64(80)58(50-23-15-8-16-24-50)70-60(76)44(2)68-4/h5-6,9-12,17-20,25-32,43-44,49-50,53-58,67-68H,7-8,13-16,21-24,33-42,65-66H2,1-4H3,(H,69,75)(H,70,76)/t43-,44-,53-,54-,55-,56-,57-,58-/m0/s1. The minimum Gasteiger partial charge on any atom is -0.343 e. The Labute approximate surface area is 474 Å². The van der Waals surface area contributed by atoms with Gasteiger partial charge >= 0.3 is 0 Å². The van der Waals surface area contributed by atoms with Crippen LogP contribution in [-0.2, 0) is 32.0 Å². The first-order valence-corrected chi connectivity index (χ1v) is 29.7. The zero-order valence-electron chi connectivity index (χ0n) is 47.7. The number of nitrogens with zero attached hydrogens (tertiary/aromatic N) is 4. The van der Waals surface area contributed by atoms with Crippen molar-refractivity contribution in [3.05, 3.63) is 131 Å². The molecule has 16 nitrogen and oxygen atoms in total. The number of likely N-dealkylation sites (tertiary alicyclic amines) is 2. The Morgan fingerprint density at radius 3 is 1.20 bits per heavy atom. The van der Waals surface area contributed by atoms with Gasteiger partial charge in [-0.05, 0) is 138 Å². The second kappa shape index (κ2) is 28.8. The average molecular weight is 1090 g/mol. The van der Waals surface area contributed by atoms with Crippen LogP contribution in [0.2, 0.25) is 0 Å². The molecule has 6 amide bonds. The third-order valence-corrected chi connectivity index (χ3v) is 17.5. The molecule has 0 bridgehead atoms. The molecule has 4 aliphatic rings. The van der Waals surface area contributed by atoms with Crippen molar-refractivity contribution < 1.29 is 28.8 Å². The molecule has 2 saturated carbocycles. The van der Waals surface area contributed by atoms with Crippen LogP contribution in [0, 0.1) is 11.8 Å². The molecule has 16 heteroatoms. The molecule has 8 N–H and O–H groups in total. The lowest BCUT2D eigenvalue weighted by molar-refractivity contribution is -0.140. The van der Waals surface area contributed by atoms with Gasteiger partial charge in [-0.15, -0.1) is 0 Å². The molecule has 2 heterocycles. The molecule has 2 aliphatic carbocycles. The number of hydrogen-bond donors (Lipinski definition) is 6. The number of likely N-dealkylation sites (N-methyl/N-ethyl adjacent to an activating group) is 2. The van der Waals surface area contributed by atoms with E-state index in [1.54, 1.807) is 27.9 Å². The SMILES string of the molecule is CN[C@@H](C)C(=O)N[C@H](C(=O)N1C[C@@H](N)C[C@H]1CN(CCc1ccccc1)C(=O)c1ccc(-c2ccc(C(=O)N(CCc3ccccc3)C[C@@H]3C[C@H](N)CN3C(=O)[C@@H](NC(=O)[C@H](C)NC)C3CCCCC3)cc2)cc1)C1CCCCC1. The highest BCUT2D eigenvalue weighted by atomic mass is 16.2. The Balaban J connectivity index is 0.986. The Kier molecular flexibility index (Phi) is 21.5. The summed E-state index contributed by atoms with van der Waals surface area (Å²) < 4.78 is 0. The van der Waals surface area contributed by atoms with Crippen molar-refractivity contribution in [2.24, 2.45) is 23.3 Å². The van der Waals surface area contributed by atoms with Crippen molar-refractivity contribution in [3.8, 4) is 11.1 Å². The van der Waals surface area contributed by atoms with E-state index in [1.165, 1.54) is 0 Å². The lowest BCUT2D eigenvalue weighted by Gasteiger charge is -2.37. The molecule has 2 aliphatic heterocycles. The van der Waals surface area contributed by atoms with Crippen LogP contribution in [0.3, 0.4) is 0 Å². The molecule has 4 aromatic carbocycles. The number of carbonyl (C=O) groups excluding carboxylic acids is 6. The van der Waals surface area contributed by atoms with Gasteiger partial charge in [-0.25, -0.2) is 0 Å². The van der Waals surface area contributed by atoms with Gasteiger partial charge < -0.3 is 52.3 Å². The highest BCUT2D eigenvalue weighted by Crippen LogP contribution is 2.32. The first-order chi connectivity index (χ1) is 38.7. The third kappa shape index (κ3) is 15.5. The molecule has 4 fully saturated rings. The van der Waals surface area contributed by atoms with Gasteiger partial charge in [-0.1, -0.05) is 123 Å². The Morgan fingerprint density at radius 2 is 0.863 bits per heavy atom. The van der Waals surface area contributed by atoms with E-state index in [0.29, 0.717) is 76.1 Å². The molecule has 0 spiro atoms. The van der Waals surface area contributed by atoms with Crippen LogP contribution in [-0.4, -0.2) is 157 Å². The summed E-state index contributed by atoms with van der Waals surface area (Å²) in [6.45, 7) is 5.72. The first kappa shape index (κ1) is 59.7. The maximum atomic E-state index is 14.7. The second-order valence-corrected chi connectivity index (χ2v) is 23.2. The normalized spacial score (nSPS) is 21.3.